The molecule has 0 bridgehead atoms. The zero-order valence-electron chi connectivity index (χ0n) is 21.8. The van der Waals surface area contributed by atoms with Crippen molar-refractivity contribution in [1.29, 1.82) is 5.41 Å². The highest BCUT2D eigenvalue weighted by Crippen LogP contribution is 2.40. The lowest BCUT2D eigenvalue weighted by Gasteiger charge is -2.28. The number of hydrogen-bond donors (Lipinski definition) is 2. The average Bonchev–Trinajstić information content (AvgIpc) is 3.02. The van der Waals surface area contributed by atoms with E-state index in [1.165, 1.54) is 0 Å². The molecule has 4 heteroatoms. The predicted molar refractivity (Wildman–Crippen MR) is 142 cm³/mol. The number of likely N-dealkylation sites (tertiary alicyclic amines) is 1. The van der Waals surface area contributed by atoms with Crippen LogP contribution in [0.5, 0.6) is 5.75 Å². The second-order valence-corrected chi connectivity index (χ2v) is 11.6. The fraction of sp³-hybridized carbons (Fsp3) is 0.467. The maximum atomic E-state index is 13.5. The van der Waals surface area contributed by atoms with Crippen LogP contribution in [0.4, 0.5) is 0 Å². The van der Waals surface area contributed by atoms with Crippen LogP contribution in [0.25, 0.3) is 6.08 Å². The summed E-state index contributed by atoms with van der Waals surface area (Å²) in [4.78, 5) is 15.4. The highest BCUT2D eigenvalue weighted by molar-refractivity contribution is 6.06. The Balaban J connectivity index is 1.93. The Hall–Kier alpha value is -2.88. The van der Waals surface area contributed by atoms with Crippen LogP contribution in [0.1, 0.15) is 88.4 Å². The summed E-state index contributed by atoms with van der Waals surface area (Å²) in [6, 6.07) is 13.8. The number of phenolic OH excluding ortho intramolecular Hbond substituents is 1. The Morgan fingerprint density at radius 2 is 1.62 bits per heavy atom. The number of ketones is 1. The van der Waals surface area contributed by atoms with Crippen LogP contribution in [0.15, 0.2) is 48.0 Å². The molecule has 0 spiro atoms. The zero-order chi connectivity index (χ0) is 25.3. The Labute approximate surface area is 205 Å². The number of amidine groups is 1. The van der Waals surface area contributed by atoms with Gasteiger partial charge < -0.3 is 10.0 Å². The fourth-order valence-corrected chi connectivity index (χ4v) is 4.69. The number of carbonyl (C=O) groups excluding carboxylic acids is 1. The molecule has 0 saturated carbocycles. The molecule has 34 heavy (non-hydrogen) atoms. The van der Waals surface area contributed by atoms with Gasteiger partial charge >= 0.3 is 0 Å². The number of phenols is 1. The molecule has 1 atom stereocenters. The fourth-order valence-electron chi connectivity index (χ4n) is 4.69. The number of hydrogen-bond acceptors (Lipinski definition) is 3. The molecule has 0 aromatic heterocycles. The SMILES string of the molecule is CCCC1CN(CC(=O)c2cc(C(C)(C)C)c(O)c(C(C)(C)C)c2)C(=N)/C1=C\c1ccccc1. The number of aromatic hydroxyl groups is 1. The van der Waals surface area contributed by atoms with Crippen LogP contribution in [-0.2, 0) is 10.8 Å². The topological polar surface area (TPSA) is 64.4 Å². The van der Waals surface area contributed by atoms with E-state index in [-0.39, 0.29) is 34.8 Å². The molecule has 1 fully saturated rings. The molecule has 1 aliphatic rings. The van der Waals surface area contributed by atoms with E-state index in [2.05, 4.69) is 66.7 Å². The van der Waals surface area contributed by atoms with Crippen molar-refractivity contribution in [2.24, 2.45) is 5.92 Å². The van der Waals surface area contributed by atoms with Crippen molar-refractivity contribution in [3.63, 3.8) is 0 Å². The maximum absolute atomic E-state index is 13.5. The summed E-state index contributed by atoms with van der Waals surface area (Å²) in [5.74, 6) is 0.959. The molecule has 0 aliphatic carbocycles. The Morgan fingerprint density at radius 1 is 1.06 bits per heavy atom. The maximum Gasteiger partial charge on any atom is 0.182 e. The van der Waals surface area contributed by atoms with Gasteiger partial charge in [0.25, 0.3) is 0 Å². The van der Waals surface area contributed by atoms with Crippen LogP contribution in [0, 0.1) is 11.3 Å². The molecule has 2 aromatic rings. The van der Waals surface area contributed by atoms with Crippen molar-refractivity contribution < 1.29 is 9.90 Å². The molecule has 3 rings (SSSR count). The summed E-state index contributed by atoms with van der Waals surface area (Å²) in [6.07, 6.45) is 4.13. The molecule has 1 unspecified atom stereocenters. The monoisotopic (exact) mass is 460 g/mol. The van der Waals surface area contributed by atoms with Crippen molar-refractivity contribution in [1.82, 2.24) is 4.90 Å². The molecule has 0 radical (unpaired) electrons. The van der Waals surface area contributed by atoms with Crippen LogP contribution in [-0.4, -0.2) is 34.7 Å². The second-order valence-electron chi connectivity index (χ2n) is 11.6. The summed E-state index contributed by atoms with van der Waals surface area (Å²) in [5.41, 5.74) is 3.68. The predicted octanol–water partition coefficient (Wildman–Crippen LogP) is 6.96. The van der Waals surface area contributed by atoms with Gasteiger partial charge in [-0.15, -0.1) is 0 Å². The Bertz CT molecular complexity index is 1050. The molecular weight excluding hydrogens is 420 g/mol. The van der Waals surface area contributed by atoms with Gasteiger partial charge in [0.05, 0.1) is 6.54 Å². The molecule has 2 aromatic carbocycles. The standard InChI is InChI=1S/C30H40N2O2/c1-8-12-21-18-32(28(31)23(21)15-20-13-10-9-11-14-20)19-26(33)22-16-24(29(2,3)4)27(34)25(17-22)30(5,6)7/h9-11,13-17,21,31,34H,8,12,18-19H2,1-7H3/b23-15-,31-28?. The quantitative estimate of drug-likeness (QED) is 0.458. The van der Waals surface area contributed by atoms with Gasteiger partial charge in [-0.25, -0.2) is 0 Å². The highest BCUT2D eigenvalue weighted by Gasteiger charge is 2.34. The summed E-state index contributed by atoms with van der Waals surface area (Å²) in [6.45, 7) is 15.3. The summed E-state index contributed by atoms with van der Waals surface area (Å²) in [7, 11) is 0. The minimum Gasteiger partial charge on any atom is -0.507 e. The van der Waals surface area contributed by atoms with E-state index < -0.39 is 0 Å². The molecule has 182 valence electrons. The first-order valence-electron chi connectivity index (χ1n) is 12.3. The van der Waals surface area contributed by atoms with Gasteiger partial charge in [-0.05, 0) is 46.6 Å². The Morgan fingerprint density at radius 3 is 2.12 bits per heavy atom. The molecule has 1 heterocycles. The van der Waals surface area contributed by atoms with Gasteiger partial charge in [-0.3, -0.25) is 10.2 Å². The molecule has 2 N–H and O–H groups in total. The third-order valence-electron chi connectivity index (χ3n) is 6.61. The highest BCUT2D eigenvalue weighted by atomic mass is 16.3. The Kier molecular flexibility index (Phi) is 7.40. The number of nitrogens with zero attached hydrogens (tertiary/aromatic N) is 1. The largest absolute Gasteiger partial charge is 0.507 e. The van der Waals surface area contributed by atoms with E-state index in [9.17, 15) is 9.90 Å². The normalized spacial score (nSPS) is 18.1. The van der Waals surface area contributed by atoms with E-state index in [4.69, 9.17) is 5.41 Å². The van der Waals surface area contributed by atoms with Gasteiger partial charge in [-0.1, -0.05) is 85.2 Å². The van der Waals surface area contributed by atoms with Crippen molar-refractivity contribution in [2.75, 3.05) is 13.1 Å². The molecule has 0 amide bonds. The van der Waals surface area contributed by atoms with Crippen LogP contribution in [0.3, 0.4) is 0 Å². The summed E-state index contributed by atoms with van der Waals surface area (Å²) in [5, 5.41) is 19.9. The average molecular weight is 461 g/mol. The number of carbonyl (C=O) groups is 1. The zero-order valence-corrected chi connectivity index (χ0v) is 21.8. The molecule has 4 nitrogen and oxygen atoms in total. The van der Waals surface area contributed by atoms with Gasteiger partial charge in [0.15, 0.2) is 5.78 Å². The number of nitrogens with one attached hydrogen (secondary N) is 1. The van der Waals surface area contributed by atoms with E-state index in [0.717, 1.165) is 35.1 Å². The molecule has 1 aliphatic heterocycles. The minimum atomic E-state index is -0.293. The molecular formula is C30H40N2O2. The summed E-state index contributed by atoms with van der Waals surface area (Å²) >= 11 is 0. The smallest absolute Gasteiger partial charge is 0.182 e. The first kappa shape index (κ1) is 25.7. The van der Waals surface area contributed by atoms with E-state index >= 15 is 0 Å². The van der Waals surface area contributed by atoms with Crippen molar-refractivity contribution in [3.8, 4) is 5.75 Å². The van der Waals surface area contributed by atoms with E-state index in [1.54, 1.807) is 0 Å². The lowest BCUT2D eigenvalue weighted by Crippen LogP contribution is -2.31. The van der Waals surface area contributed by atoms with Gasteiger partial charge in [0.2, 0.25) is 0 Å². The van der Waals surface area contributed by atoms with E-state index in [0.29, 0.717) is 17.9 Å². The van der Waals surface area contributed by atoms with Gasteiger partial charge in [0.1, 0.15) is 11.6 Å². The number of benzene rings is 2. The van der Waals surface area contributed by atoms with E-state index in [1.807, 2.05) is 35.2 Å². The number of Topliss-reactive ketones (excluding diaryl/α,β-unsaturated/α-hetero) is 1. The number of rotatable bonds is 6. The van der Waals surface area contributed by atoms with Crippen molar-refractivity contribution in [3.05, 3.63) is 70.3 Å². The van der Waals surface area contributed by atoms with Gasteiger partial charge in [0, 0.05) is 29.2 Å². The van der Waals surface area contributed by atoms with Gasteiger partial charge in [-0.2, -0.15) is 0 Å². The second kappa shape index (κ2) is 9.77. The minimum absolute atomic E-state index is 0.0167. The third kappa shape index (κ3) is 5.60. The lowest BCUT2D eigenvalue weighted by atomic mass is 9.78. The lowest BCUT2D eigenvalue weighted by molar-refractivity contribution is 0.0963. The first-order chi connectivity index (χ1) is 15.8. The summed E-state index contributed by atoms with van der Waals surface area (Å²) < 4.78 is 0. The van der Waals surface area contributed by atoms with Crippen LogP contribution in [0.2, 0.25) is 0 Å². The van der Waals surface area contributed by atoms with Crippen molar-refractivity contribution >= 4 is 17.7 Å². The van der Waals surface area contributed by atoms with Crippen LogP contribution >= 0.6 is 0 Å². The van der Waals surface area contributed by atoms with Crippen molar-refractivity contribution in [2.45, 2.75) is 72.1 Å². The molecule has 1 saturated heterocycles. The third-order valence-corrected chi connectivity index (χ3v) is 6.61. The first-order valence-corrected chi connectivity index (χ1v) is 12.3. The van der Waals surface area contributed by atoms with Crippen LogP contribution < -0.4 is 0 Å².